The molecule has 2 amide bonds. The zero-order valence-electron chi connectivity index (χ0n) is 11.5. The van der Waals surface area contributed by atoms with E-state index in [0.29, 0.717) is 31.6 Å². The Kier molecular flexibility index (Phi) is 4.40. The number of amides is 2. The number of thioether (sulfide) groups is 1. The predicted molar refractivity (Wildman–Crippen MR) is 74.7 cm³/mol. The number of carbonyl (C=O) groups excluding carboxylic acids is 2. The zero-order chi connectivity index (χ0) is 14.0. The molecule has 6 heteroatoms. The van der Waals surface area contributed by atoms with Gasteiger partial charge in [-0.3, -0.25) is 9.59 Å². The number of nitrogens with zero attached hydrogens (tertiary/aromatic N) is 1. The van der Waals surface area contributed by atoms with E-state index < -0.39 is 0 Å². The maximum absolute atomic E-state index is 12.1. The fourth-order valence-corrected chi connectivity index (χ4v) is 4.13. The summed E-state index contributed by atoms with van der Waals surface area (Å²) in [6, 6.07) is -0.344. The number of hydrogen-bond acceptors (Lipinski definition) is 4. The molecule has 0 spiro atoms. The van der Waals surface area contributed by atoms with Crippen LogP contribution in [-0.4, -0.2) is 51.1 Å². The summed E-state index contributed by atoms with van der Waals surface area (Å²) in [7, 11) is 0. The van der Waals surface area contributed by atoms with Crippen LogP contribution < -0.4 is 5.32 Å². The Morgan fingerprint density at radius 3 is 3.11 bits per heavy atom. The van der Waals surface area contributed by atoms with Gasteiger partial charge >= 0.3 is 0 Å². The van der Waals surface area contributed by atoms with Crippen LogP contribution in [0.1, 0.15) is 39.5 Å². The summed E-state index contributed by atoms with van der Waals surface area (Å²) >= 11 is 1.69. The summed E-state index contributed by atoms with van der Waals surface area (Å²) < 4.78 is 0. The van der Waals surface area contributed by atoms with E-state index in [2.05, 4.69) is 5.32 Å². The fraction of sp³-hybridized carbons (Fsp3) is 0.846. The summed E-state index contributed by atoms with van der Waals surface area (Å²) in [5.74, 6) is 0.667. The van der Waals surface area contributed by atoms with E-state index in [9.17, 15) is 14.7 Å². The van der Waals surface area contributed by atoms with Crippen molar-refractivity contribution in [3.63, 3.8) is 0 Å². The third-order valence-corrected chi connectivity index (χ3v) is 5.50. The van der Waals surface area contributed by atoms with Crippen LogP contribution in [0.2, 0.25) is 0 Å². The molecule has 2 saturated heterocycles. The topological polar surface area (TPSA) is 69.6 Å². The van der Waals surface area contributed by atoms with Crippen molar-refractivity contribution in [1.29, 1.82) is 0 Å². The Morgan fingerprint density at radius 1 is 1.68 bits per heavy atom. The lowest BCUT2D eigenvalue weighted by Crippen LogP contribution is -2.50. The molecule has 3 unspecified atom stereocenters. The second-order valence-electron chi connectivity index (χ2n) is 5.41. The summed E-state index contributed by atoms with van der Waals surface area (Å²) in [5, 5.41) is 12.3. The Balaban J connectivity index is 1.88. The number of carbonyl (C=O) groups is 2. The molecule has 2 aliphatic rings. The number of aliphatic hydroxyl groups is 1. The van der Waals surface area contributed by atoms with Crippen LogP contribution in [0.3, 0.4) is 0 Å². The molecule has 108 valence electrons. The molecule has 0 saturated carbocycles. The van der Waals surface area contributed by atoms with Crippen molar-refractivity contribution in [3.8, 4) is 0 Å². The molecule has 0 aliphatic carbocycles. The molecule has 0 aromatic heterocycles. The number of fused-ring (bicyclic) bond motifs is 1. The maximum atomic E-state index is 12.1. The summed E-state index contributed by atoms with van der Waals surface area (Å²) in [5.41, 5.74) is 0. The average Bonchev–Trinajstić information content (AvgIpc) is 2.86. The highest BCUT2D eigenvalue weighted by Crippen LogP contribution is 2.47. The van der Waals surface area contributed by atoms with Gasteiger partial charge in [-0.05, 0) is 26.2 Å². The van der Waals surface area contributed by atoms with Crippen molar-refractivity contribution in [3.05, 3.63) is 0 Å². The first-order chi connectivity index (χ1) is 8.98. The Morgan fingerprint density at radius 2 is 2.42 bits per heavy atom. The summed E-state index contributed by atoms with van der Waals surface area (Å²) in [4.78, 5) is 25.6. The quantitative estimate of drug-likeness (QED) is 0.781. The minimum Gasteiger partial charge on any atom is -0.393 e. The van der Waals surface area contributed by atoms with E-state index >= 15 is 0 Å². The number of rotatable bonds is 5. The van der Waals surface area contributed by atoms with E-state index in [1.807, 2.05) is 13.8 Å². The molecule has 0 radical (unpaired) electrons. The van der Waals surface area contributed by atoms with Gasteiger partial charge in [0.05, 0.1) is 11.0 Å². The lowest BCUT2D eigenvalue weighted by Gasteiger charge is -2.29. The van der Waals surface area contributed by atoms with E-state index in [4.69, 9.17) is 0 Å². The van der Waals surface area contributed by atoms with Crippen LogP contribution in [0.5, 0.6) is 0 Å². The largest absolute Gasteiger partial charge is 0.393 e. The first-order valence-corrected chi connectivity index (χ1v) is 7.88. The number of aliphatic hydroxyl groups excluding tert-OH is 1. The van der Waals surface area contributed by atoms with Crippen molar-refractivity contribution in [2.45, 2.75) is 56.5 Å². The molecule has 19 heavy (non-hydrogen) atoms. The monoisotopic (exact) mass is 286 g/mol. The van der Waals surface area contributed by atoms with Crippen LogP contribution in [0, 0.1) is 0 Å². The van der Waals surface area contributed by atoms with E-state index in [0.717, 1.165) is 6.42 Å². The molecule has 0 aromatic rings. The molecule has 2 aliphatic heterocycles. The van der Waals surface area contributed by atoms with Crippen molar-refractivity contribution < 1.29 is 14.7 Å². The second-order valence-corrected chi connectivity index (χ2v) is 6.91. The number of hydrogen-bond donors (Lipinski definition) is 2. The standard InChI is InChI=1S/C13H22N2O3S/c1-3-9(16)5-7-14-12(18)10-8-19-13(2)6-4-11(17)15(10)13/h9-10,16H,3-8H2,1-2H3,(H,14,18). The van der Waals surface area contributed by atoms with Crippen molar-refractivity contribution >= 4 is 23.6 Å². The highest BCUT2D eigenvalue weighted by atomic mass is 32.2. The normalized spacial score (nSPS) is 31.4. The third kappa shape index (κ3) is 2.89. The van der Waals surface area contributed by atoms with Gasteiger partial charge in [0.15, 0.2) is 0 Å². The molecule has 2 rings (SSSR count). The second kappa shape index (κ2) is 5.71. The maximum Gasteiger partial charge on any atom is 0.243 e. The number of nitrogens with one attached hydrogen (secondary N) is 1. The highest BCUT2D eigenvalue weighted by molar-refractivity contribution is 8.01. The van der Waals surface area contributed by atoms with Crippen molar-refractivity contribution in [2.75, 3.05) is 12.3 Å². The van der Waals surface area contributed by atoms with Gasteiger partial charge in [-0.15, -0.1) is 11.8 Å². The van der Waals surface area contributed by atoms with Crippen LogP contribution in [0.15, 0.2) is 0 Å². The fourth-order valence-electron chi connectivity index (χ4n) is 2.70. The van der Waals surface area contributed by atoms with Crippen LogP contribution in [0.4, 0.5) is 0 Å². The minimum atomic E-state index is -0.364. The first kappa shape index (κ1) is 14.7. The van der Waals surface area contributed by atoms with Crippen molar-refractivity contribution in [1.82, 2.24) is 10.2 Å². The van der Waals surface area contributed by atoms with E-state index in [1.54, 1.807) is 16.7 Å². The van der Waals surface area contributed by atoms with Gasteiger partial charge < -0.3 is 15.3 Å². The molecular weight excluding hydrogens is 264 g/mol. The van der Waals surface area contributed by atoms with Crippen LogP contribution in [0.25, 0.3) is 0 Å². The lowest BCUT2D eigenvalue weighted by atomic mass is 10.2. The summed E-state index contributed by atoms with van der Waals surface area (Å²) in [6.45, 7) is 4.42. The van der Waals surface area contributed by atoms with E-state index in [1.165, 1.54) is 0 Å². The highest BCUT2D eigenvalue weighted by Gasteiger charge is 2.52. The average molecular weight is 286 g/mol. The molecule has 2 fully saturated rings. The first-order valence-electron chi connectivity index (χ1n) is 6.90. The molecule has 3 atom stereocenters. The summed E-state index contributed by atoms with van der Waals surface area (Å²) in [6.07, 6.45) is 2.26. The Hall–Kier alpha value is -0.750. The van der Waals surface area contributed by atoms with Gasteiger partial charge in [0.2, 0.25) is 11.8 Å². The van der Waals surface area contributed by atoms with Crippen LogP contribution in [-0.2, 0) is 9.59 Å². The molecule has 5 nitrogen and oxygen atoms in total. The van der Waals surface area contributed by atoms with Gasteiger partial charge in [-0.2, -0.15) is 0 Å². The predicted octanol–water partition coefficient (Wildman–Crippen LogP) is 0.718. The minimum absolute atomic E-state index is 0.0845. The zero-order valence-corrected chi connectivity index (χ0v) is 12.3. The molecule has 2 heterocycles. The Labute approximate surface area is 118 Å². The third-order valence-electron chi connectivity index (χ3n) is 4.00. The Bertz CT molecular complexity index is 377. The van der Waals surface area contributed by atoms with Crippen LogP contribution >= 0.6 is 11.8 Å². The smallest absolute Gasteiger partial charge is 0.243 e. The molecule has 0 bridgehead atoms. The van der Waals surface area contributed by atoms with E-state index in [-0.39, 0.29) is 28.8 Å². The molecular formula is C13H22N2O3S. The van der Waals surface area contributed by atoms with Gasteiger partial charge in [-0.25, -0.2) is 0 Å². The SMILES string of the molecule is CCC(O)CCNC(=O)C1CSC2(C)CCC(=O)N12. The van der Waals surface area contributed by atoms with Crippen molar-refractivity contribution in [2.24, 2.45) is 0 Å². The molecule has 0 aromatic carbocycles. The van der Waals surface area contributed by atoms with Gasteiger partial charge in [0.25, 0.3) is 0 Å². The van der Waals surface area contributed by atoms with Gasteiger partial charge in [0, 0.05) is 18.7 Å². The van der Waals surface area contributed by atoms with Gasteiger partial charge in [-0.1, -0.05) is 6.92 Å². The van der Waals surface area contributed by atoms with Gasteiger partial charge in [0.1, 0.15) is 6.04 Å². The molecule has 2 N–H and O–H groups in total. The lowest BCUT2D eigenvalue weighted by molar-refractivity contribution is -0.138.